The quantitative estimate of drug-likeness (QED) is 0.930. The number of aromatic nitrogens is 4. The fourth-order valence-electron chi connectivity index (χ4n) is 2.98. The molecule has 6 nitrogen and oxygen atoms in total. The van der Waals surface area contributed by atoms with Gasteiger partial charge in [0, 0.05) is 43.2 Å². The minimum atomic E-state index is -0.276. The van der Waals surface area contributed by atoms with E-state index in [0.717, 1.165) is 42.3 Å². The Morgan fingerprint density at radius 1 is 1.09 bits per heavy atom. The molecule has 0 unspecified atom stereocenters. The van der Waals surface area contributed by atoms with Crippen LogP contribution in [-0.4, -0.2) is 44.2 Å². The van der Waals surface area contributed by atoms with Crippen molar-refractivity contribution in [2.75, 3.05) is 18.0 Å². The van der Waals surface area contributed by atoms with Gasteiger partial charge in [0.15, 0.2) is 0 Å². The first kappa shape index (κ1) is 13.6. The SMILES string of the molecule is O[C@@H]1CCCN(c2ncc(-c3cnccn3)c(C3CC3)n2)C1. The van der Waals surface area contributed by atoms with Crippen molar-refractivity contribution in [3.05, 3.63) is 30.5 Å². The zero-order valence-corrected chi connectivity index (χ0v) is 12.4. The molecule has 6 heteroatoms. The number of aliphatic hydroxyl groups is 1. The van der Waals surface area contributed by atoms with E-state index in [2.05, 4.69) is 19.9 Å². The molecule has 114 valence electrons. The number of piperidine rings is 1. The third-order valence-corrected chi connectivity index (χ3v) is 4.29. The third-order valence-electron chi connectivity index (χ3n) is 4.29. The molecular weight excluding hydrogens is 278 g/mol. The van der Waals surface area contributed by atoms with Gasteiger partial charge < -0.3 is 10.0 Å². The second kappa shape index (κ2) is 5.61. The lowest BCUT2D eigenvalue weighted by Crippen LogP contribution is -2.39. The van der Waals surface area contributed by atoms with E-state index in [1.54, 1.807) is 18.6 Å². The molecule has 1 saturated heterocycles. The van der Waals surface area contributed by atoms with Crippen LogP contribution >= 0.6 is 0 Å². The van der Waals surface area contributed by atoms with Crippen molar-refractivity contribution in [1.29, 1.82) is 0 Å². The van der Waals surface area contributed by atoms with Gasteiger partial charge in [-0.3, -0.25) is 9.97 Å². The van der Waals surface area contributed by atoms with Crippen LogP contribution in [0.5, 0.6) is 0 Å². The van der Waals surface area contributed by atoms with E-state index in [-0.39, 0.29) is 6.10 Å². The lowest BCUT2D eigenvalue weighted by molar-refractivity contribution is 0.153. The molecule has 1 atom stereocenters. The standard InChI is InChI=1S/C16H19N5O/c22-12-2-1-7-21(10-12)16-19-8-13(14-9-17-5-6-18-14)15(20-16)11-3-4-11/h5-6,8-9,11-12,22H,1-4,7,10H2/t12-/m1/s1. The minimum Gasteiger partial charge on any atom is -0.391 e. The number of rotatable bonds is 3. The van der Waals surface area contributed by atoms with Crippen LogP contribution in [0, 0.1) is 0 Å². The molecule has 0 amide bonds. The monoisotopic (exact) mass is 297 g/mol. The second-order valence-electron chi connectivity index (χ2n) is 6.08. The Hall–Kier alpha value is -2.08. The summed E-state index contributed by atoms with van der Waals surface area (Å²) in [7, 11) is 0. The average molecular weight is 297 g/mol. The van der Waals surface area contributed by atoms with Gasteiger partial charge in [0.25, 0.3) is 0 Å². The maximum absolute atomic E-state index is 9.85. The van der Waals surface area contributed by atoms with Crippen molar-refractivity contribution in [2.24, 2.45) is 0 Å². The number of β-amino-alcohol motifs (C(OH)–C–C–N with tert-alkyl or cyclic N) is 1. The van der Waals surface area contributed by atoms with E-state index in [4.69, 9.17) is 4.98 Å². The molecular formula is C16H19N5O. The molecule has 22 heavy (non-hydrogen) atoms. The first-order valence-electron chi connectivity index (χ1n) is 7.87. The molecule has 1 saturated carbocycles. The fourth-order valence-corrected chi connectivity index (χ4v) is 2.98. The third kappa shape index (κ3) is 2.66. The molecule has 0 spiro atoms. The summed E-state index contributed by atoms with van der Waals surface area (Å²) in [4.78, 5) is 19.9. The topological polar surface area (TPSA) is 75.0 Å². The fraction of sp³-hybridized carbons (Fsp3) is 0.500. The van der Waals surface area contributed by atoms with Gasteiger partial charge in [-0.05, 0) is 25.7 Å². The highest BCUT2D eigenvalue weighted by Crippen LogP contribution is 2.43. The average Bonchev–Trinajstić information content (AvgIpc) is 3.40. The van der Waals surface area contributed by atoms with E-state index in [9.17, 15) is 5.11 Å². The summed E-state index contributed by atoms with van der Waals surface area (Å²) in [5, 5.41) is 9.85. The summed E-state index contributed by atoms with van der Waals surface area (Å²) < 4.78 is 0. The van der Waals surface area contributed by atoms with Crippen LogP contribution in [0.25, 0.3) is 11.3 Å². The van der Waals surface area contributed by atoms with Gasteiger partial charge >= 0.3 is 0 Å². The Morgan fingerprint density at radius 3 is 2.73 bits per heavy atom. The molecule has 2 aromatic heterocycles. The van der Waals surface area contributed by atoms with E-state index >= 15 is 0 Å². The van der Waals surface area contributed by atoms with Crippen LogP contribution in [0.3, 0.4) is 0 Å². The van der Waals surface area contributed by atoms with Crippen molar-refractivity contribution >= 4 is 5.95 Å². The summed E-state index contributed by atoms with van der Waals surface area (Å²) in [5.74, 6) is 1.24. The van der Waals surface area contributed by atoms with Crippen molar-refractivity contribution in [1.82, 2.24) is 19.9 Å². The highest BCUT2D eigenvalue weighted by molar-refractivity contribution is 5.62. The van der Waals surface area contributed by atoms with Crippen LogP contribution in [0.1, 0.15) is 37.3 Å². The van der Waals surface area contributed by atoms with Crippen LogP contribution in [0.2, 0.25) is 0 Å². The van der Waals surface area contributed by atoms with Crippen LogP contribution in [0.4, 0.5) is 5.95 Å². The molecule has 1 aliphatic heterocycles. The molecule has 2 aromatic rings. The molecule has 1 N–H and O–H groups in total. The van der Waals surface area contributed by atoms with Crippen LogP contribution < -0.4 is 4.90 Å². The number of anilines is 1. The van der Waals surface area contributed by atoms with Gasteiger partial charge in [-0.1, -0.05) is 0 Å². The maximum Gasteiger partial charge on any atom is 0.225 e. The Kier molecular flexibility index (Phi) is 3.46. The van der Waals surface area contributed by atoms with E-state index < -0.39 is 0 Å². The zero-order chi connectivity index (χ0) is 14.9. The first-order valence-corrected chi connectivity index (χ1v) is 7.87. The van der Waals surface area contributed by atoms with Gasteiger partial charge in [0.1, 0.15) is 0 Å². The molecule has 0 radical (unpaired) electrons. The summed E-state index contributed by atoms with van der Waals surface area (Å²) in [6.07, 6.45) is 10.9. The van der Waals surface area contributed by atoms with Gasteiger partial charge in [-0.15, -0.1) is 0 Å². The lowest BCUT2D eigenvalue weighted by Gasteiger charge is -2.30. The first-order chi connectivity index (χ1) is 10.8. The van der Waals surface area contributed by atoms with Crippen molar-refractivity contribution in [3.63, 3.8) is 0 Å². The Balaban J connectivity index is 1.70. The molecule has 0 bridgehead atoms. The van der Waals surface area contributed by atoms with E-state index in [1.807, 2.05) is 6.20 Å². The lowest BCUT2D eigenvalue weighted by atomic mass is 10.1. The van der Waals surface area contributed by atoms with Crippen molar-refractivity contribution in [3.8, 4) is 11.3 Å². The molecule has 1 aliphatic carbocycles. The van der Waals surface area contributed by atoms with E-state index in [1.165, 1.54) is 12.8 Å². The number of aliphatic hydroxyl groups excluding tert-OH is 1. The maximum atomic E-state index is 9.85. The van der Waals surface area contributed by atoms with Crippen molar-refractivity contribution < 1.29 is 5.11 Å². The predicted molar refractivity (Wildman–Crippen MR) is 82.5 cm³/mol. The largest absolute Gasteiger partial charge is 0.391 e. The van der Waals surface area contributed by atoms with E-state index in [0.29, 0.717) is 12.5 Å². The van der Waals surface area contributed by atoms with Gasteiger partial charge in [-0.2, -0.15) is 0 Å². The molecule has 0 aromatic carbocycles. The van der Waals surface area contributed by atoms with Crippen LogP contribution in [-0.2, 0) is 0 Å². The minimum absolute atomic E-state index is 0.276. The van der Waals surface area contributed by atoms with Gasteiger partial charge in [-0.25, -0.2) is 9.97 Å². The number of hydrogen-bond acceptors (Lipinski definition) is 6. The Bertz CT molecular complexity index is 659. The smallest absolute Gasteiger partial charge is 0.225 e. The van der Waals surface area contributed by atoms with Crippen LogP contribution in [0.15, 0.2) is 24.8 Å². The Labute approximate surface area is 129 Å². The zero-order valence-electron chi connectivity index (χ0n) is 12.4. The molecule has 3 heterocycles. The van der Waals surface area contributed by atoms with Gasteiger partial charge in [0.05, 0.1) is 23.7 Å². The van der Waals surface area contributed by atoms with Gasteiger partial charge in [0.2, 0.25) is 5.95 Å². The predicted octanol–water partition coefficient (Wildman–Crippen LogP) is 1.77. The molecule has 4 rings (SSSR count). The molecule has 2 fully saturated rings. The Morgan fingerprint density at radius 2 is 2.00 bits per heavy atom. The summed E-state index contributed by atoms with van der Waals surface area (Å²) in [6, 6.07) is 0. The summed E-state index contributed by atoms with van der Waals surface area (Å²) in [5.41, 5.74) is 2.89. The highest BCUT2D eigenvalue weighted by atomic mass is 16.3. The second-order valence-corrected chi connectivity index (χ2v) is 6.08. The number of nitrogens with zero attached hydrogens (tertiary/aromatic N) is 5. The number of hydrogen-bond donors (Lipinski definition) is 1. The normalized spacial score (nSPS) is 21.9. The highest BCUT2D eigenvalue weighted by Gasteiger charge is 2.30. The summed E-state index contributed by atoms with van der Waals surface area (Å²) >= 11 is 0. The molecule has 2 aliphatic rings. The van der Waals surface area contributed by atoms with Crippen molar-refractivity contribution in [2.45, 2.75) is 37.7 Å². The summed E-state index contributed by atoms with van der Waals surface area (Å²) in [6.45, 7) is 1.53.